The van der Waals surface area contributed by atoms with Crippen molar-refractivity contribution < 1.29 is 19.2 Å². The van der Waals surface area contributed by atoms with E-state index < -0.39 is 24.0 Å². The third-order valence-corrected chi connectivity index (χ3v) is 5.66. The second kappa shape index (κ2) is 11.2. The summed E-state index contributed by atoms with van der Waals surface area (Å²) >= 11 is 5.74. The highest BCUT2D eigenvalue weighted by atomic mass is 35.5. The Bertz CT molecular complexity index is 769. The van der Waals surface area contributed by atoms with Gasteiger partial charge in [-0.1, -0.05) is 37.3 Å². The third-order valence-electron chi connectivity index (χ3n) is 5.39. The van der Waals surface area contributed by atoms with Gasteiger partial charge in [0.1, 0.15) is 11.8 Å². The van der Waals surface area contributed by atoms with E-state index in [1.165, 1.54) is 4.90 Å². The first kappa shape index (κ1) is 24.0. The van der Waals surface area contributed by atoms with Crippen LogP contribution in [0.25, 0.3) is 0 Å². The minimum absolute atomic E-state index is 0.0444. The van der Waals surface area contributed by atoms with E-state index in [1.54, 1.807) is 13.8 Å². The third kappa shape index (κ3) is 6.37. The normalized spacial score (nSPS) is 19.1. The lowest BCUT2D eigenvalue weighted by atomic mass is 9.99. The maximum absolute atomic E-state index is 12.9. The number of alkyl halides is 1. The summed E-state index contributed by atoms with van der Waals surface area (Å²) in [5.74, 6) is -1.84. The Morgan fingerprint density at radius 2 is 1.83 bits per heavy atom. The van der Waals surface area contributed by atoms with Gasteiger partial charge in [-0.25, -0.2) is 0 Å². The van der Waals surface area contributed by atoms with Gasteiger partial charge in [0.2, 0.25) is 11.8 Å². The van der Waals surface area contributed by atoms with Crippen molar-refractivity contribution in [3.8, 4) is 0 Å². The van der Waals surface area contributed by atoms with E-state index in [1.807, 2.05) is 30.3 Å². The Hall–Kier alpha value is -2.25. The number of benzene rings is 1. The zero-order valence-electron chi connectivity index (χ0n) is 17.5. The number of nitrogens with two attached hydrogens (primary N) is 1. The Labute approximate surface area is 182 Å². The maximum atomic E-state index is 12.9. The maximum Gasteiger partial charge on any atom is 0.243 e. The highest BCUT2D eigenvalue weighted by Crippen LogP contribution is 2.22. The van der Waals surface area contributed by atoms with Gasteiger partial charge in [-0.3, -0.25) is 19.2 Å². The first-order valence-electron chi connectivity index (χ1n) is 10.3. The predicted octanol–water partition coefficient (Wildman–Crippen LogP) is 1.46. The molecule has 4 atom stereocenters. The van der Waals surface area contributed by atoms with Crippen molar-refractivity contribution >= 4 is 35.0 Å². The van der Waals surface area contributed by atoms with E-state index in [0.29, 0.717) is 25.8 Å². The second-order valence-corrected chi connectivity index (χ2v) is 8.17. The van der Waals surface area contributed by atoms with Crippen LogP contribution in [0.1, 0.15) is 38.7 Å². The molecule has 1 aliphatic rings. The van der Waals surface area contributed by atoms with Gasteiger partial charge in [0.25, 0.3) is 0 Å². The summed E-state index contributed by atoms with van der Waals surface area (Å²) in [6.07, 6.45) is 1.57. The number of Topliss-reactive ketones (excluding diaryl/α,β-unsaturated/α-hetero) is 2. The predicted molar refractivity (Wildman–Crippen MR) is 115 cm³/mol. The van der Waals surface area contributed by atoms with Gasteiger partial charge in [-0.05, 0) is 31.7 Å². The molecule has 2 rings (SSSR count). The number of ketones is 2. The largest absolute Gasteiger partial charge is 0.344 e. The Balaban J connectivity index is 2.06. The fraction of sp³-hybridized carbons (Fsp3) is 0.545. The zero-order valence-corrected chi connectivity index (χ0v) is 18.2. The molecule has 1 aliphatic heterocycles. The number of halogens is 1. The van der Waals surface area contributed by atoms with Gasteiger partial charge in [0.05, 0.1) is 18.0 Å². The van der Waals surface area contributed by atoms with E-state index in [2.05, 4.69) is 5.32 Å². The first-order valence-corrected chi connectivity index (χ1v) is 10.8. The van der Waals surface area contributed by atoms with E-state index >= 15 is 0 Å². The topological polar surface area (TPSA) is 110 Å². The molecule has 0 aromatic heterocycles. The Morgan fingerprint density at radius 3 is 2.43 bits per heavy atom. The number of nitrogens with zero attached hydrogens (tertiary/aromatic N) is 1. The van der Waals surface area contributed by atoms with Gasteiger partial charge in [0.15, 0.2) is 5.78 Å². The van der Waals surface area contributed by atoms with Crippen LogP contribution < -0.4 is 11.1 Å². The quantitative estimate of drug-likeness (QED) is 0.540. The summed E-state index contributed by atoms with van der Waals surface area (Å²) in [6, 6.07) is 7.31. The summed E-state index contributed by atoms with van der Waals surface area (Å²) in [7, 11) is 0. The average molecular weight is 436 g/mol. The van der Waals surface area contributed by atoms with Gasteiger partial charge in [0, 0.05) is 18.9 Å². The first-order chi connectivity index (χ1) is 14.2. The van der Waals surface area contributed by atoms with Crippen molar-refractivity contribution in [2.75, 3.05) is 12.4 Å². The number of amides is 2. The smallest absolute Gasteiger partial charge is 0.243 e. The molecule has 0 spiro atoms. The van der Waals surface area contributed by atoms with E-state index in [4.69, 9.17) is 17.3 Å². The van der Waals surface area contributed by atoms with Crippen molar-refractivity contribution in [2.24, 2.45) is 11.7 Å². The van der Waals surface area contributed by atoms with Crippen LogP contribution >= 0.6 is 11.6 Å². The van der Waals surface area contributed by atoms with Gasteiger partial charge in [-0.15, -0.1) is 11.6 Å². The minimum atomic E-state index is -0.757. The van der Waals surface area contributed by atoms with Crippen LogP contribution in [0.2, 0.25) is 0 Å². The molecular formula is C22H30ClN3O4. The van der Waals surface area contributed by atoms with E-state index in [0.717, 1.165) is 5.56 Å². The van der Waals surface area contributed by atoms with Crippen LogP contribution in [0.15, 0.2) is 30.3 Å². The monoisotopic (exact) mass is 435 g/mol. The molecule has 1 aromatic carbocycles. The van der Waals surface area contributed by atoms with Crippen molar-refractivity contribution in [3.63, 3.8) is 0 Å². The van der Waals surface area contributed by atoms with Gasteiger partial charge in [-0.2, -0.15) is 0 Å². The Morgan fingerprint density at radius 1 is 1.17 bits per heavy atom. The molecule has 30 heavy (non-hydrogen) atoms. The summed E-state index contributed by atoms with van der Waals surface area (Å²) in [5, 5.41) is 2.79. The summed E-state index contributed by atoms with van der Waals surface area (Å²) in [4.78, 5) is 51.5. The van der Waals surface area contributed by atoms with Gasteiger partial charge < -0.3 is 16.0 Å². The average Bonchev–Trinajstić information content (AvgIpc) is 3.22. The molecule has 0 bridgehead atoms. The highest BCUT2D eigenvalue weighted by Gasteiger charge is 2.37. The number of rotatable bonds is 10. The number of likely N-dealkylation sites (tertiary alicyclic amines) is 1. The van der Waals surface area contributed by atoms with Gasteiger partial charge >= 0.3 is 0 Å². The molecular weight excluding hydrogens is 406 g/mol. The molecule has 0 saturated carbocycles. The SMILES string of the molecule is C[C@H](CC(=O)[C@@H](C)N)C(=O)N1CCC[C@H]1C(=O)NC(Cc1ccccc1)C(=O)CCl. The fourth-order valence-corrected chi connectivity index (χ4v) is 3.80. The molecule has 1 heterocycles. The minimum Gasteiger partial charge on any atom is -0.344 e. The summed E-state index contributed by atoms with van der Waals surface area (Å²) in [5.41, 5.74) is 6.50. The molecule has 1 unspecified atom stereocenters. The van der Waals surface area contributed by atoms with Crippen LogP contribution in [0.5, 0.6) is 0 Å². The molecule has 164 valence electrons. The van der Waals surface area contributed by atoms with Crippen LogP contribution in [0.4, 0.5) is 0 Å². The highest BCUT2D eigenvalue weighted by molar-refractivity contribution is 6.28. The lowest BCUT2D eigenvalue weighted by molar-refractivity contribution is -0.143. The van der Waals surface area contributed by atoms with E-state index in [9.17, 15) is 19.2 Å². The number of nitrogens with one attached hydrogen (secondary N) is 1. The molecule has 7 nitrogen and oxygen atoms in total. The molecule has 0 aliphatic carbocycles. The van der Waals surface area contributed by atoms with Crippen LogP contribution in [0.3, 0.4) is 0 Å². The van der Waals surface area contributed by atoms with Crippen molar-refractivity contribution in [1.29, 1.82) is 0 Å². The number of carbonyl (C=O) groups is 4. The van der Waals surface area contributed by atoms with Crippen molar-refractivity contribution in [2.45, 2.75) is 57.7 Å². The lowest BCUT2D eigenvalue weighted by Gasteiger charge is -2.28. The second-order valence-electron chi connectivity index (χ2n) is 7.90. The van der Waals surface area contributed by atoms with Crippen molar-refractivity contribution in [3.05, 3.63) is 35.9 Å². The molecule has 3 N–H and O–H groups in total. The van der Waals surface area contributed by atoms with Crippen LogP contribution in [0, 0.1) is 5.92 Å². The lowest BCUT2D eigenvalue weighted by Crippen LogP contribution is -2.52. The molecule has 1 fully saturated rings. The number of hydrogen-bond acceptors (Lipinski definition) is 5. The standard InChI is InChI=1S/C22H30ClN3O4/c1-14(11-19(27)15(2)24)22(30)26-10-6-9-18(26)21(29)25-17(20(28)13-23)12-16-7-4-3-5-8-16/h3-5,7-8,14-15,17-18H,6,9-13,24H2,1-2H3,(H,25,29)/t14-,15-,17?,18+/m1/s1. The molecule has 0 radical (unpaired) electrons. The van der Waals surface area contributed by atoms with Crippen molar-refractivity contribution in [1.82, 2.24) is 10.2 Å². The fourth-order valence-electron chi connectivity index (χ4n) is 3.62. The summed E-state index contributed by atoms with van der Waals surface area (Å²) in [6.45, 7) is 3.71. The number of carbonyl (C=O) groups excluding carboxylic acids is 4. The number of hydrogen-bond donors (Lipinski definition) is 2. The molecule has 8 heteroatoms. The van der Waals surface area contributed by atoms with Crippen LogP contribution in [-0.2, 0) is 25.6 Å². The summed E-state index contributed by atoms with van der Waals surface area (Å²) < 4.78 is 0. The zero-order chi connectivity index (χ0) is 22.3. The molecule has 1 aromatic rings. The van der Waals surface area contributed by atoms with E-state index in [-0.39, 0.29) is 35.7 Å². The molecule has 1 saturated heterocycles. The molecule has 2 amide bonds. The van der Waals surface area contributed by atoms with Crippen LogP contribution in [-0.4, -0.2) is 58.8 Å². The Kier molecular flexibility index (Phi) is 8.99.